The highest BCUT2D eigenvalue weighted by Crippen LogP contribution is 2.26. The molecule has 0 heterocycles. The number of anilines is 1. The van der Waals surface area contributed by atoms with Crippen molar-refractivity contribution < 1.29 is 14.3 Å². The van der Waals surface area contributed by atoms with E-state index in [9.17, 15) is 4.79 Å². The molecule has 1 N–H and O–H groups in total. The fourth-order valence-electron chi connectivity index (χ4n) is 3.46. The molecule has 4 heteroatoms. The summed E-state index contributed by atoms with van der Waals surface area (Å²) in [4.78, 5) is 12.9. The summed E-state index contributed by atoms with van der Waals surface area (Å²) in [6.45, 7) is 1.02. The Balaban J connectivity index is 1.33. The van der Waals surface area contributed by atoms with Crippen LogP contribution in [-0.2, 0) is 13.0 Å². The molecular formula is C29H27NO3. The summed E-state index contributed by atoms with van der Waals surface area (Å²) < 4.78 is 11.8. The Bertz CT molecular complexity index is 1160. The monoisotopic (exact) mass is 437 g/mol. The average molecular weight is 438 g/mol. The van der Waals surface area contributed by atoms with Crippen molar-refractivity contribution in [2.75, 3.05) is 11.9 Å². The van der Waals surface area contributed by atoms with Crippen molar-refractivity contribution in [1.82, 2.24) is 0 Å². The Kier molecular flexibility index (Phi) is 7.74. The van der Waals surface area contributed by atoms with Gasteiger partial charge in [-0.25, -0.2) is 0 Å². The van der Waals surface area contributed by atoms with Crippen molar-refractivity contribution in [3.63, 3.8) is 0 Å². The quantitative estimate of drug-likeness (QED) is 0.287. The zero-order chi connectivity index (χ0) is 22.7. The van der Waals surface area contributed by atoms with Gasteiger partial charge < -0.3 is 14.8 Å². The number of hydrogen-bond acceptors (Lipinski definition) is 3. The first-order chi connectivity index (χ1) is 16.3. The highest BCUT2D eigenvalue weighted by Gasteiger charge is 2.11. The van der Waals surface area contributed by atoms with Crippen LogP contribution in [0.25, 0.3) is 0 Å². The first-order valence-corrected chi connectivity index (χ1v) is 11.1. The zero-order valence-electron chi connectivity index (χ0n) is 18.4. The number of rotatable bonds is 10. The largest absolute Gasteiger partial charge is 0.494 e. The fourth-order valence-corrected chi connectivity index (χ4v) is 3.46. The molecule has 0 spiro atoms. The minimum Gasteiger partial charge on any atom is -0.494 e. The lowest BCUT2D eigenvalue weighted by molar-refractivity contribution is 0.102. The smallest absolute Gasteiger partial charge is 0.255 e. The third kappa shape index (κ3) is 6.71. The lowest BCUT2D eigenvalue weighted by Gasteiger charge is -2.13. The fraction of sp³-hybridized carbons (Fsp3) is 0.138. The Hall–Kier alpha value is -4.05. The Morgan fingerprint density at radius 3 is 2.18 bits per heavy atom. The summed E-state index contributed by atoms with van der Waals surface area (Å²) >= 11 is 0. The molecule has 4 nitrogen and oxygen atoms in total. The molecule has 1 amide bonds. The van der Waals surface area contributed by atoms with E-state index in [0.29, 0.717) is 36.0 Å². The molecule has 33 heavy (non-hydrogen) atoms. The summed E-state index contributed by atoms with van der Waals surface area (Å²) in [6.07, 6.45) is 1.87. The maximum Gasteiger partial charge on any atom is 0.255 e. The maximum absolute atomic E-state index is 12.9. The highest BCUT2D eigenvalue weighted by atomic mass is 16.5. The minimum absolute atomic E-state index is 0.208. The van der Waals surface area contributed by atoms with Crippen LogP contribution >= 0.6 is 0 Å². The van der Waals surface area contributed by atoms with E-state index in [2.05, 4.69) is 17.4 Å². The van der Waals surface area contributed by atoms with Crippen LogP contribution < -0.4 is 14.8 Å². The van der Waals surface area contributed by atoms with E-state index in [1.54, 1.807) is 12.1 Å². The first kappa shape index (κ1) is 22.2. The van der Waals surface area contributed by atoms with Gasteiger partial charge in [-0.05, 0) is 54.3 Å². The minimum atomic E-state index is -0.208. The van der Waals surface area contributed by atoms with E-state index in [0.717, 1.165) is 18.4 Å². The van der Waals surface area contributed by atoms with Gasteiger partial charge in [-0.3, -0.25) is 4.79 Å². The van der Waals surface area contributed by atoms with E-state index in [1.807, 2.05) is 84.9 Å². The lowest BCUT2D eigenvalue weighted by atomic mass is 10.1. The molecule has 4 aromatic rings. The molecule has 0 aliphatic rings. The third-order valence-corrected chi connectivity index (χ3v) is 5.19. The van der Waals surface area contributed by atoms with Gasteiger partial charge in [0.05, 0.1) is 12.3 Å². The number of carbonyl (C=O) groups excluding carboxylic acids is 1. The number of benzene rings is 4. The van der Waals surface area contributed by atoms with Gasteiger partial charge in [0.2, 0.25) is 0 Å². The summed E-state index contributed by atoms with van der Waals surface area (Å²) in [5.74, 6) is 1.10. The van der Waals surface area contributed by atoms with E-state index < -0.39 is 0 Å². The van der Waals surface area contributed by atoms with Gasteiger partial charge in [0.1, 0.15) is 18.1 Å². The maximum atomic E-state index is 12.9. The van der Waals surface area contributed by atoms with Crippen molar-refractivity contribution in [2.45, 2.75) is 19.4 Å². The van der Waals surface area contributed by atoms with Crippen LogP contribution in [0.5, 0.6) is 11.5 Å². The van der Waals surface area contributed by atoms with Crippen LogP contribution in [0.3, 0.4) is 0 Å². The van der Waals surface area contributed by atoms with Crippen LogP contribution in [0.1, 0.15) is 27.9 Å². The molecule has 0 fully saturated rings. The second-order valence-electron chi connectivity index (χ2n) is 7.69. The van der Waals surface area contributed by atoms with Gasteiger partial charge in [-0.15, -0.1) is 0 Å². The summed E-state index contributed by atoms with van der Waals surface area (Å²) in [7, 11) is 0. The molecule has 0 atom stereocenters. The average Bonchev–Trinajstić information content (AvgIpc) is 2.87. The van der Waals surface area contributed by atoms with E-state index >= 15 is 0 Å². The molecule has 4 rings (SSSR count). The van der Waals surface area contributed by atoms with E-state index in [1.165, 1.54) is 5.56 Å². The zero-order valence-corrected chi connectivity index (χ0v) is 18.4. The Morgan fingerprint density at radius 2 is 1.39 bits per heavy atom. The van der Waals surface area contributed by atoms with Gasteiger partial charge in [0.25, 0.3) is 5.91 Å². The summed E-state index contributed by atoms with van der Waals surface area (Å²) in [5, 5.41) is 2.96. The Morgan fingerprint density at radius 1 is 0.697 bits per heavy atom. The molecule has 0 saturated heterocycles. The number of aryl methyl sites for hydroxylation is 1. The van der Waals surface area contributed by atoms with Gasteiger partial charge in [0, 0.05) is 5.56 Å². The number of nitrogens with one attached hydrogen (secondary N) is 1. The topological polar surface area (TPSA) is 47.6 Å². The Labute approximate surface area is 194 Å². The number of para-hydroxylation sites is 2. The predicted molar refractivity (Wildman–Crippen MR) is 132 cm³/mol. The molecule has 166 valence electrons. The van der Waals surface area contributed by atoms with Gasteiger partial charge in [0.15, 0.2) is 0 Å². The standard InChI is InChI=1S/C29H27NO3/c31-29(30-27-18-7-8-19-28(27)33-22-24-13-5-2-6-14-24)25-16-9-17-26(21-25)32-20-10-15-23-11-3-1-4-12-23/h1-9,11-14,16-19,21H,10,15,20,22H2,(H,30,31). The molecule has 0 radical (unpaired) electrons. The van der Waals surface area contributed by atoms with Crippen LogP contribution in [0.15, 0.2) is 109 Å². The number of ether oxygens (including phenoxy) is 2. The second kappa shape index (κ2) is 11.5. The predicted octanol–water partition coefficient (Wildman–Crippen LogP) is 6.53. The van der Waals surface area contributed by atoms with Crippen LogP contribution in [0.2, 0.25) is 0 Å². The number of carbonyl (C=O) groups is 1. The molecule has 0 saturated carbocycles. The highest BCUT2D eigenvalue weighted by molar-refractivity contribution is 6.05. The molecule has 4 aromatic carbocycles. The number of amides is 1. The van der Waals surface area contributed by atoms with Gasteiger partial charge in [-0.2, -0.15) is 0 Å². The van der Waals surface area contributed by atoms with Crippen molar-refractivity contribution in [1.29, 1.82) is 0 Å². The van der Waals surface area contributed by atoms with Crippen LogP contribution in [-0.4, -0.2) is 12.5 Å². The molecule has 0 aliphatic heterocycles. The van der Waals surface area contributed by atoms with Crippen molar-refractivity contribution in [3.8, 4) is 11.5 Å². The lowest BCUT2D eigenvalue weighted by Crippen LogP contribution is -2.13. The number of hydrogen-bond donors (Lipinski definition) is 1. The molecule has 0 bridgehead atoms. The normalized spacial score (nSPS) is 10.4. The summed E-state index contributed by atoms with van der Waals surface area (Å²) in [6, 6.07) is 35.0. The molecule has 0 aliphatic carbocycles. The van der Waals surface area contributed by atoms with Gasteiger partial charge in [-0.1, -0.05) is 78.9 Å². The molecular weight excluding hydrogens is 410 g/mol. The van der Waals surface area contributed by atoms with Crippen molar-refractivity contribution in [2.24, 2.45) is 0 Å². The van der Waals surface area contributed by atoms with Crippen molar-refractivity contribution in [3.05, 3.63) is 126 Å². The SMILES string of the molecule is O=C(Nc1ccccc1OCc1ccccc1)c1cccc(OCCCc2ccccc2)c1. The van der Waals surface area contributed by atoms with Gasteiger partial charge >= 0.3 is 0 Å². The third-order valence-electron chi connectivity index (χ3n) is 5.19. The van der Waals surface area contributed by atoms with Crippen molar-refractivity contribution >= 4 is 11.6 Å². The van der Waals surface area contributed by atoms with E-state index in [-0.39, 0.29) is 5.91 Å². The second-order valence-corrected chi connectivity index (χ2v) is 7.69. The van der Waals surface area contributed by atoms with Crippen LogP contribution in [0, 0.1) is 0 Å². The first-order valence-electron chi connectivity index (χ1n) is 11.1. The van der Waals surface area contributed by atoms with Crippen LogP contribution in [0.4, 0.5) is 5.69 Å². The van der Waals surface area contributed by atoms with E-state index in [4.69, 9.17) is 9.47 Å². The molecule has 0 unspecified atom stereocenters. The summed E-state index contributed by atoms with van der Waals surface area (Å²) in [5.41, 5.74) is 3.53. The molecule has 0 aromatic heterocycles.